The monoisotopic (exact) mass is 160 g/mol. The minimum Gasteiger partial charge on any atom is -0.466 e. The largest absolute Gasteiger partial charge is 0.466 e. The maximum Gasteiger partial charge on any atom is 0.309 e. The third kappa shape index (κ3) is 2.17. The number of halogens is 1. The molecule has 0 aliphatic heterocycles. The van der Waals surface area contributed by atoms with Crippen LogP contribution in [-0.2, 0) is 9.53 Å². The van der Waals surface area contributed by atoms with E-state index in [2.05, 4.69) is 0 Å². The Labute approximate surface area is 65.7 Å². The molecule has 1 rings (SSSR count). The van der Waals surface area contributed by atoms with Gasteiger partial charge in [-0.1, -0.05) is 0 Å². The lowest BCUT2D eigenvalue weighted by molar-refractivity contribution is -0.147. The summed E-state index contributed by atoms with van der Waals surface area (Å²) in [6.07, 6.45) is 0.742. The fourth-order valence-corrected chi connectivity index (χ4v) is 1.40. The second-order valence-corrected chi connectivity index (χ2v) is 2.86. The van der Waals surface area contributed by atoms with E-state index in [4.69, 9.17) is 4.74 Å². The van der Waals surface area contributed by atoms with Crippen molar-refractivity contribution in [1.29, 1.82) is 0 Å². The first-order valence-electron chi connectivity index (χ1n) is 4.04. The van der Waals surface area contributed by atoms with Crippen LogP contribution in [0.25, 0.3) is 0 Å². The van der Waals surface area contributed by atoms with Crippen molar-refractivity contribution in [2.75, 3.05) is 6.61 Å². The molecule has 0 radical (unpaired) electrons. The maximum atomic E-state index is 12.6. The highest BCUT2D eigenvalue weighted by Gasteiger charge is 2.30. The van der Waals surface area contributed by atoms with Crippen LogP contribution >= 0.6 is 0 Å². The Morgan fingerprint density at radius 1 is 1.64 bits per heavy atom. The fourth-order valence-electron chi connectivity index (χ4n) is 1.40. The summed E-state index contributed by atoms with van der Waals surface area (Å²) in [6, 6.07) is 0. The predicted molar refractivity (Wildman–Crippen MR) is 38.9 cm³/mol. The molecule has 64 valence electrons. The third-order valence-corrected chi connectivity index (χ3v) is 1.99. The molecule has 0 aromatic carbocycles. The molecule has 2 atom stereocenters. The number of ether oxygens (including phenoxy) is 1. The second kappa shape index (κ2) is 3.69. The lowest BCUT2D eigenvalue weighted by atomic mass is 10.1. The first-order valence-corrected chi connectivity index (χ1v) is 4.04. The molecular formula is C8H13FO2. The lowest BCUT2D eigenvalue weighted by Crippen LogP contribution is -2.14. The van der Waals surface area contributed by atoms with Crippen LogP contribution in [0.2, 0.25) is 0 Å². The van der Waals surface area contributed by atoms with Crippen molar-refractivity contribution in [3.05, 3.63) is 0 Å². The first kappa shape index (κ1) is 8.50. The Bertz CT molecular complexity index is 147. The lowest BCUT2D eigenvalue weighted by Gasteiger charge is -2.06. The number of hydrogen-bond acceptors (Lipinski definition) is 2. The van der Waals surface area contributed by atoms with E-state index in [1.54, 1.807) is 6.92 Å². The molecule has 0 bridgehead atoms. The molecule has 1 saturated carbocycles. The van der Waals surface area contributed by atoms with Gasteiger partial charge in [0.05, 0.1) is 12.5 Å². The van der Waals surface area contributed by atoms with Crippen LogP contribution in [0.15, 0.2) is 0 Å². The maximum absolute atomic E-state index is 12.6. The number of rotatable bonds is 2. The molecule has 2 nitrogen and oxygen atoms in total. The standard InChI is InChI=1S/C8H13FO2/c1-2-11-8(10)6-3-4-7(9)5-6/h6-7H,2-5H2,1H3. The Balaban J connectivity index is 2.31. The predicted octanol–water partition coefficient (Wildman–Crippen LogP) is 1.69. The Hall–Kier alpha value is -0.600. The molecule has 0 N–H and O–H groups in total. The van der Waals surface area contributed by atoms with Crippen LogP contribution in [0.5, 0.6) is 0 Å². The van der Waals surface area contributed by atoms with E-state index in [1.807, 2.05) is 0 Å². The van der Waals surface area contributed by atoms with Crippen LogP contribution < -0.4 is 0 Å². The minimum atomic E-state index is -0.788. The molecule has 1 aliphatic carbocycles. The zero-order valence-corrected chi connectivity index (χ0v) is 6.68. The van der Waals surface area contributed by atoms with E-state index in [1.165, 1.54) is 0 Å². The van der Waals surface area contributed by atoms with Crippen molar-refractivity contribution in [3.63, 3.8) is 0 Å². The summed E-state index contributed by atoms with van der Waals surface area (Å²) in [6.45, 7) is 2.16. The molecule has 2 unspecified atom stereocenters. The van der Waals surface area contributed by atoms with Gasteiger partial charge in [-0.05, 0) is 26.2 Å². The number of esters is 1. The second-order valence-electron chi connectivity index (χ2n) is 2.86. The van der Waals surface area contributed by atoms with E-state index < -0.39 is 6.17 Å². The van der Waals surface area contributed by atoms with E-state index >= 15 is 0 Å². The Morgan fingerprint density at radius 2 is 2.36 bits per heavy atom. The molecular weight excluding hydrogens is 147 g/mol. The molecule has 1 fully saturated rings. The van der Waals surface area contributed by atoms with Crippen molar-refractivity contribution in [3.8, 4) is 0 Å². The van der Waals surface area contributed by atoms with Crippen molar-refractivity contribution >= 4 is 5.97 Å². The van der Waals surface area contributed by atoms with Gasteiger partial charge in [0.15, 0.2) is 0 Å². The Kier molecular flexibility index (Phi) is 2.85. The molecule has 0 amide bonds. The quantitative estimate of drug-likeness (QED) is 0.574. The summed E-state index contributed by atoms with van der Waals surface area (Å²) >= 11 is 0. The summed E-state index contributed by atoms with van der Waals surface area (Å²) in [5.41, 5.74) is 0. The average molecular weight is 160 g/mol. The molecule has 1 aliphatic rings. The van der Waals surface area contributed by atoms with Crippen LogP contribution in [0, 0.1) is 5.92 Å². The highest BCUT2D eigenvalue weighted by atomic mass is 19.1. The normalized spacial score (nSPS) is 30.4. The molecule has 0 aromatic heterocycles. The molecule has 3 heteroatoms. The third-order valence-electron chi connectivity index (χ3n) is 1.99. The number of carbonyl (C=O) groups is 1. The molecule has 0 heterocycles. The minimum absolute atomic E-state index is 0.176. The highest BCUT2D eigenvalue weighted by molar-refractivity contribution is 5.72. The van der Waals surface area contributed by atoms with Gasteiger partial charge in [0, 0.05) is 0 Å². The Morgan fingerprint density at radius 3 is 2.82 bits per heavy atom. The van der Waals surface area contributed by atoms with Gasteiger partial charge >= 0.3 is 5.97 Å². The van der Waals surface area contributed by atoms with Crippen molar-refractivity contribution in [2.24, 2.45) is 5.92 Å². The summed E-state index contributed by atoms with van der Waals surface area (Å²) in [4.78, 5) is 11.0. The van der Waals surface area contributed by atoms with E-state index in [0.29, 0.717) is 25.9 Å². The highest BCUT2D eigenvalue weighted by Crippen LogP contribution is 2.28. The molecule has 11 heavy (non-hydrogen) atoms. The number of alkyl halides is 1. The average Bonchev–Trinajstić information content (AvgIpc) is 2.36. The van der Waals surface area contributed by atoms with Crippen LogP contribution in [0.3, 0.4) is 0 Å². The topological polar surface area (TPSA) is 26.3 Å². The van der Waals surface area contributed by atoms with E-state index in [-0.39, 0.29) is 11.9 Å². The first-order chi connectivity index (χ1) is 5.24. The molecule has 0 spiro atoms. The summed E-state index contributed by atoms with van der Waals surface area (Å²) in [5.74, 6) is -0.405. The number of hydrogen-bond donors (Lipinski definition) is 0. The zero-order chi connectivity index (χ0) is 8.27. The van der Waals surface area contributed by atoms with Crippen molar-refractivity contribution < 1.29 is 13.9 Å². The van der Waals surface area contributed by atoms with E-state index in [9.17, 15) is 9.18 Å². The smallest absolute Gasteiger partial charge is 0.309 e. The fraction of sp³-hybridized carbons (Fsp3) is 0.875. The molecule has 0 saturated heterocycles. The SMILES string of the molecule is CCOC(=O)C1CCC(F)C1. The van der Waals surface area contributed by atoms with Gasteiger partial charge in [-0.3, -0.25) is 4.79 Å². The van der Waals surface area contributed by atoms with Crippen molar-refractivity contribution in [2.45, 2.75) is 32.4 Å². The summed E-state index contributed by atoms with van der Waals surface area (Å²) in [5, 5.41) is 0. The van der Waals surface area contributed by atoms with Gasteiger partial charge < -0.3 is 4.74 Å². The van der Waals surface area contributed by atoms with Gasteiger partial charge in [0.1, 0.15) is 6.17 Å². The number of carbonyl (C=O) groups excluding carboxylic acids is 1. The van der Waals surface area contributed by atoms with Gasteiger partial charge in [0.25, 0.3) is 0 Å². The van der Waals surface area contributed by atoms with E-state index in [0.717, 1.165) is 0 Å². The zero-order valence-electron chi connectivity index (χ0n) is 6.68. The van der Waals surface area contributed by atoms with Crippen LogP contribution in [0.4, 0.5) is 4.39 Å². The molecule has 0 aromatic rings. The van der Waals surface area contributed by atoms with Gasteiger partial charge in [-0.15, -0.1) is 0 Å². The van der Waals surface area contributed by atoms with Gasteiger partial charge in [-0.25, -0.2) is 4.39 Å². The van der Waals surface area contributed by atoms with Crippen LogP contribution in [0.1, 0.15) is 26.2 Å². The summed E-state index contributed by atoms with van der Waals surface area (Å²) < 4.78 is 17.3. The van der Waals surface area contributed by atoms with Crippen LogP contribution in [-0.4, -0.2) is 18.7 Å². The van der Waals surface area contributed by atoms with Crippen molar-refractivity contribution in [1.82, 2.24) is 0 Å². The van der Waals surface area contributed by atoms with Gasteiger partial charge in [0.2, 0.25) is 0 Å². The summed E-state index contributed by atoms with van der Waals surface area (Å²) in [7, 11) is 0. The van der Waals surface area contributed by atoms with Gasteiger partial charge in [-0.2, -0.15) is 0 Å².